The predicted molar refractivity (Wildman–Crippen MR) is 43.9 cm³/mol. The molecule has 1 fully saturated rings. The van der Waals surface area contributed by atoms with E-state index in [-0.39, 0.29) is 4.87 Å². The number of hydrogen-bond acceptors (Lipinski definition) is 2. The molecule has 0 amide bonds. The van der Waals surface area contributed by atoms with Gasteiger partial charge in [-0.3, -0.25) is 4.90 Å². The molecule has 2 heteroatoms. The van der Waals surface area contributed by atoms with Crippen molar-refractivity contribution in [2.75, 3.05) is 13.1 Å². The molecule has 1 aliphatic heterocycles. The van der Waals surface area contributed by atoms with Crippen LogP contribution < -0.4 is 0 Å². The van der Waals surface area contributed by atoms with Crippen LogP contribution in [-0.4, -0.2) is 22.9 Å². The Morgan fingerprint density at radius 3 is 1.89 bits per heavy atom. The molecule has 0 spiro atoms. The summed E-state index contributed by atoms with van der Waals surface area (Å²) in [7, 11) is 0. The van der Waals surface area contributed by atoms with Gasteiger partial charge in [0.15, 0.2) is 0 Å². The first kappa shape index (κ1) is 7.42. The average Bonchev–Trinajstić information content (AvgIpc) is 2.08. The normalized spacial score (nSPS) is 23.0. The van der Waals surface area contributed by atoms with Crippen molar-refractivity contribution in [3.05, 3.63) is 0 Å². The van der Waals surface area contributed by atoms with Crippen molar-refractivity contribution in [2.45, 2.75) is 31.6 Å². The lowest BCUT2D eigenvalue weighted by atomic mass is 10.3. The molecule has 0 atom stereocenters. The molecule has 0 unspecified atom stereocenters. The monoisotopic (exact) mass is 145 g/mol. The Morgan fingerprint density at radius 2 is 1.67 bits per heavy atom. The summed E-state index contributed by atoms with van der Waals surface area (Å²) in [5.41, 5.74) is 0. The zero-order chi connectivity index (χ0) is 6.91. The second kappa shape index (κ2) is 2.51. The van der Waals surface area contributed by atoms with Crippen molar-refractivity contribution in [3.63, 3.8) is 0 Å². The molecular formula is C7H15NS. The first-order chi connectivity index (χ1) is 4.11. The topological polar surface area (TPSA) is 3.24 Å². The van der Waals surface area contributed by atoms with Gasteiger partial charge in [0.2, 0.25) is 0 Å². The summed E-state index contributed by atoms with van der Waals surface area (Å²) >= 11 is 4.48. The SMILES string of the molecule is CC(C)(S)N1CCCC1. The number of hydrogen-bond donors (Lipinski definition) is 1. The fourth-order valence-electron chi connectivity index (χ4n) is 1.26. The van der Waals surface area contributed by atoms with Crippen molar-refractivity contribution < 1.29 is 0 Å². The van der Waals surface area contributed by atoms with Crippen LogP contribution in [0.5, 0.6) is 0 Å². The lowest BCUT2D eigenvalue weighted by molar-refractivity contribution is 0.247. The number of rotatable bonds is 1. The Morgan fingerprint density at radius 1 is 1.22 bits per heavy atom. The molecule has 0 N–H and O–H groups in total. The van der Waals surface area contributed by atoms with Crippen molar-refractivity contribution in [2.24, 2.45) is 0 Å². The quantitative estimate of drug-likeness (QED) is 0.550. The van der Waals surface area contributed by atoms with Gasteiger partial charge in [-0.1, -0.05) is 0 Å². The molecular weight excluding hydrogens is 130 g/mol. The molecule has 0 radical (unpaired) electrons. The van der Waals surface area contributed by atoms with E-state index in [0.717, 1.165) is 0 Å². The number of nitrogens with zero attached hydrogens (tertiary/aromatic N) is 1. The molecule has 1 heterocycles. The third kappa shape index (κ3) is 1.87. The van der Waals surface area contributed by atoms with E-state index < -0.39 is 0 Å². The van der Waals surface area contributed by atoms with Crippen molar-refractivity contribution >= 4 is 12.6 Å². The molecule has 0 saturated carbocycles. The van der Waals surface area contributed by atoms with Gasteiger partial charge in [-0.15, -0.1) is 0 Å². The van der Waals surface area contributed by atoms with Gasteiger partial charge in [0, 0.05) is 0 Å². The second-order valence-electron chi connectivity index (χ2n) is 3.19. The minimum atomic E-state index is 0.108. The Labute approximate surface area is 62.8 Å². The molecule has 0 aromatic heterocycles. The van der Waals surface area contributed by atoms with Gasteiger partial charge >= 0.3 is 0 Å². The molecule has 1 saturated heterocycles. The molecule has 1 nitrogen and oxygen atoms in total. The Hall–Kier alpha value is 0.310. The van der Waals surface area contributed by atoms with E-state index in [2.05, 4.69) is 31.4 Å². The molecule has 1 aliphatic rings. The van der Waals surface area contributed by atoms with Gasteiger partial charge in [-0.05, 0) is 39.8 Å². The van der Waals surface area contributed by atoms with Crippen LogP contribution in [0.25, 0.3) is 0 Å². The minimum Gasteiger partial charge on any atom is -0.290 e. The molecule has 1 rings (SSSR count). The zero-order valence-corrected chi connectivity index (χ0v) is 7.12. The highest BCUT2D eigenvalue weighted by atomic mass is 32.1. The summed E-state index contributed by atoms with van der Waals surface area (Å²) < 4.78 is 0. The van der Waals surface area contributed by atoms with Crippen LogP contribution in [0.3, 0.4) is 0 Å². The maximum absolute atomic E-state index is 4.48. The minimum absolute atomic E-state index is 0.108. The Bertz CT molecular complexity index is 89.6. The lowest BCUT2D eigenvalue weighted by Crippen LogP contribution is -2.36. The summed E-state index contributed by atoms with van der Waals surface area (Å²) in [6, 6.07) is 0. The highest BCUT2D eigenvalue weighted by Gasteiger charge is 2.24. The van der Waals surface area contributed by atoms with Crippen LogP contribution in [0.4, 0.5) is 0 Å². The van der Waals surface area contributed by atoms with E-state index >= 15 is 0 Å². The van der Waals surface area contributed by atoms with E-state index in [4.69, 9.17) is 0 Å². The van der Waals surface area contributed by atoms with Crippen LogP contribution in [0.15, 0.2) is 0 Å². The first-order valence-electron chi connectivity index (χ1n) is 3.58. The standard InChI is InChI=1S/C7H15NS/c1-7(2,9)8-5-3-4-6-8/h9H,3-6H2,1-2H3. The maximum Gasteiger partial charge on any atom is 0.0583 e. The van der Waals surface area contributed by atoms with Gasteiger partial charge in [0.1, 0.15) is 0 Å². The average molecular weight is 145 g/mol. The van der Waals surface area contributed by atoms with E-state index in [9.17, 15) is 0 Å². The number of thiol groups is 1. The largest absolute Gasteiger partial charge is 0.290 e. The molecule has 0 aromatic carbocycles. The summed E-state index contributed by atoms with van der Waals surface area (Å²) in [4.78, 5) is 2.52. The highest BCUT2D eigenvalue weighted by Crippen LogP contribution is 2.23. The van der Waals surface area contributed by atoms with Gasteiger partial charge in [0.25, 0.3) is 0 Å². The Balaban J connectivity index is 2.42. The van der Waals surface area contributed by atoms with Crippen molar-refractivity contribution in [1.82, 2.24) is 4.90 Å². The fourth-order valence-corrected chi connectivity index (χ4v) is 1.46. The smallest absolute Gasteiger partial charge is 0.0583 e. The molecule has 9 heavy (non-hydrogen) atoms. The molecule has 0 bridgehead atoms. The van der Waals surface area contributed by atoms with E-state index in [1.807, 2.05) is 0 Å². The van der Waals surface area contributed by atoms with E-state index in [1.165, 1.54) is 25.9 Å². The third-order valence-corrected chi connectivity index (χ3v) is 2.16. The molecule has 0 aliphatic carbocycles. The number of likely N-dealkylation sites (tertiary alicyclic amines) is 1. The van der Waals surface area contributed by atoms with Gasteiger partial charge < -0.3 is 0 Å². The fraction of sp³-hybridized carbons (Fsp3) is 1.00. The summed E-state index contributed by atoms with van der Waals surface area (Å²) in [5.74, 6) is 0. The summed E-state index contributed by atoms with van der Waals surface area (Å²) in [6.07, 6.45) is 2.70. The van der Waals surface area contributed by atoms with Gasteiger partial charge in [-0.25, -0.2) is 0 Å². The van der Waals surface area contributed by atoms with Gasteiger partial charge in [0.05, 0.1) is 4.87 Å². The van der Waals surface area contributed by atoms with Crippen LogP contribution in [0, 0.1) is 0 Å². The van der Waals surface area contributed by atoms with Crippen LogP contribution in [0.2, 0.25) is 0 Å². The highest BCUT2D eigenvalue weighted by molar-refractivity contribution is 7.81. The summed E-state index contributed by atoms with van der Waals surface area (Å²) in [6.45, 7) is 6.77. The Kier molecular flexibility index (Phi) is 2.07. The van der Waals surface area contributed by atoms with E-state index in [0.29, 0.717) is 0 Å². The van der Waals surface area contributed by atoms with Crippen LogP contribution in [-0.2, 0) is 0 Å². The van der Waals surface area contributed by atoms with Crippen LogP contribution >= 0.6 is 12.6 Å². The molecule has 0 aromatic rings. The molecule has 54 valence electrons. The van der Waals surface area contributed by atoms with Crippen molar-refractivity contribution in [3.8, 4) is 0 Å². The van der Waals surface area contributed by atoms with Crippen molar-refractivity contribution in [1.29, 1.82) is 0 Å². The second-order valence-corrected chi connectivity index (χ2v) is 4.28. The maximum atomic E-state index is 4.48. The lowest BCUT2D eigenvalue weighted by Gasteiger charge is -2.29. The van der Waals surface area contributed by atoms with Crippen LogP contribution in [0.1, 0.15) is 26.7 Å². The van der Waals surface area contributed by atoms with Gasteiger partial charge in [-0.2, -0.15) is 12.6 Å². The van der Waals surface area contributed by atoms with E-state index in [1.54, 1.807) is 0 Å². The zero-order valence-electron chi connectivity index (χ0n) is 6.22. The first-order valence-corrected chi connectivity index (χ1v) is 4.03. The summed E-state index contributed by atoms with van der Waals surface area (Å²) in [5, 5.41) is 0. The third-order valence-electron chi connectivity index (χ3n) is 1.88. The predicted octanol–water partition coefficient (Wildman–Crippen LogP) is 1.75.